The molecule has 7 nitrogen and oxygen atoms in total. The molecule has 0 saturated carbocycles. The van der Waals surface area contributed by atoms with Crippen LogP contribution in [0.15, 0.2) is 40.2 Å². The number of aromatic amines is 1. The molecule has 0 bridgehead atoms. The van der Waals surface area contributed by atoms with E-state index in [1.165, 1.54) is 10.8 Å². The number of nitrogens with one attached hydrogen (secondary N) is 1. The van der Waals surface area contributed by atoms with Gasteiger partial charge in [-0.2, -0.15) is 0 Å². The first-order valence-electron chi connectivity index (χ1n) is 7.57. The first-order chi connectivity index (χ1) is 11.1. The summed E-state index contributed by atoms with van der Waals surface area (Å²) < 4.78 is 1.24. The molecular formula is C16H18N4O3. The van der Waals surface area contributed by atoms with Crippen LogP contribution in [0.2, 0.25) is 0 Å². The highest BCUT2D eigenvalue weighted by Crippen LogP contribution is 2.30. The molecule has 7 heteroatoms. The van der Waals surface area contributed by atoms with E-state index < -0.39 is 11.2 Å². The van der Waals surface area contributed by atoms with Crippen molar-refractivity contribution in [2.45, 2.75) is 32.4 Å². The number of likely N-dealkylation sites (tertiary alicyclic amines) is 1. The minimum absolute atomic E-state index is 0.0525. The van der Waals surface area contributed by atoms with E-state index in [9.17, 15) is 14.4 Å². The predicted octanol–water partition coefficient (Wildman–Crippen LogP) is 0.604. The van der Waals surface area contributed by atoms with Gasteiger partial charge >= 0.3 is 5.69 Å². The van der Waals surface area contributed by atoms with Crippen molar-refractivity contribution < 1.29 is 4.79 Å². The van der Waals surface area contributed by atoms with Crippen molar-refractivity contribution in [3.05, 3.63) is 62.7 Å². The van der Waals surface area contributed by atoms with Gasteiger partial charge in [-0.05, 0) is 31.9 Å². The van der Waals surface area contributed by atoms with E-state index in [0.717, 1.165) is 18.5 Å². The number of rotatable bonds is 3. The monoisotopic (exact) mass is 314 g/mol. The van der Waals surface area contributed by atoms with Crippen LogP contribution in [0.25, 0.3) is 0 Å². The quantitative estimate of drug-likeness (QED) is 0.899. The second kappa shape index (κ2) is 6.20. The van der Waals surface area contributed by atoms with Crippen LogP contribution in [0, 0.1) is 6.92 Å². The Kier molecular flexibility index (Phi) is 4.10. The Balaban J connectivity index is 1.82. The van der Waals surface area contributed by atoms with Crippen LogP contribution in [-0.4, -0.2) is 31.9 Å². The van der Waals surface area contributed by atoms with Crippen molar-refractivity contribution in [2.75, 3.05) is 6.54 Å². The lowest BCUT2D eigenvalue weighted by Gasteiger charge is -2.24. The van der Waals surface area contributed by atoms with E-state index in [4.69, 9.17) is 0 Å². The summed E-state index contributed by atoms with van der Waals surface area (Å²) in [6.07, 6.45) is 4.91. The summed E-state index contributed by atoms with van der Waals surface area (Å²) in [7, 11) is 0. The van der Waals surface area contributed by atoms with Gasteiger partial charge < -0.3 is 4.90 Å². The molecule has 1 fully saturated rings. The minimum atomic E-state index is -0.567. The molecule has 120 valence electrons. The van der Waals surface area contributed by atoms with E-state index in [2.05, 4.69) is 9.97 Å². The number of aromatic nitrogens is 3. The Labute approximate surface area is 132 Å². The fraction of sp³-hybridized carbons (Fsp3) is 0.375. The number of amides is 1. The molecule has 0 unspecified atom stereocenters. The van der Waals surface area contributed by atoms with Crippen LogP contribution < -0.4 is 11.2 Å². The molecule has 1 N–H and O–H groups in total. The van der Waals surface area contributed by atoms with E-state index in [-0.39, 0.29) is 18.5 Å². The SMILES string of the molecule is Cc1cn(CC(=O)N2CCC[C@H]2c2ccccn2)c(=O)[nH]c1=O. The number of aryl methyl sites for hydroxylation is 1. The zero-order valence-electron chi connectivity index (χ0n) is 12.9. The fourth-order valence-corrected chi connectivity index (χ4v) is 2.92. The molecule has 1 amide bonds. The van der Waals surface area contributed by atoms with Crippen LogP contribution in [0.1, 0.15) is 30.1 Å². The van der Waals surface area contributed by atoms with Crippen molar-refractivity contribution in [2.24, 2.45) is 0 Å². The van der Waals surface area contributed by atoms with Crippen molar-refractivity contribution in [3.8, 4) is 0 Å². The summed E-state index contributed by atoms with van der Waals surface area (Å²) in [5, 5.41) is 0. The smallest absolute Gasteiger partial charge is 0.328 e. The highest BCUT2D eigenvalue weighted by atomic mass is 16.2. The molecule has 0 radical (unpaired) electrons. The molecule has 1 saturated heterocycles. The van der Waals surface area contributed by atoms with E-state index in [0.29, 0.717) is 12.1 Å². The first kappa shape index (κ1) is 15.2. The van der Waals surface area contributed by atoms with E-state index in [1.807, 2.05) is 18.2 Å². The third kappa shape index (κ3) is 3.08. The maximum Gasteiger partial charge on any atom is 0.328 e. The van der Waals surface area contributed by atoms with Gasteiger partial charge in [-0.15, -0.1) is 0 Å². The molecule has 2 aromatic heterocycles. The van der Waals surface area contributed by atoms with E-state index >= 15 is 0 Å². The van der Waals surface area contributed by atoms with Gasteiger partial charge in [0.1, 0.15) is 6.54 Å². The lowest BCUT2D eigenvalue weighted by Crippen LogP contribution is -2.38. The number of pyridine rings is 1. The Morgan fingerprint density at radius 3 is 2.96 bits per heavy atom. The average molecular weight is 314 g/mol. The molecule has 0 aromatic carbocycles. The summed E-state index contributed by atoms with van der Waals surface area (Å²) in [6.45, 7) is 2.17. The van der Waals surface area contributed by atoms with Crippen molar-refractivity contribution in [3.63, 3.8) is 0 Å². The minimum Gasteiger partial charge on any atom is -0.333 e. The van der Waals surface area contributed by atoms with Gasteiger partial charge in [-0.3, -0.25) is 24.1 Å². The molecule has 23 heavy (non-hydrogen) atoms. The summed E-state index contributed by atoms with van der Waals surface area (Å²) in [5.74, 6) is -0.147. The summed E-state index contributed by atoms with van der Waals surface area (Å²) in [6, 6.07) is 5.60. The lowest BCUT2D eigenvalue weighted by molar-refractivity contribution is -0.132. The number of carbonyl (C=O) groups excluding carboxylic acids is 1. The first-order valence-corrected chi connectivity index (χ1v) is 7.57. The van der Waals surface area contributed by atoms with Crippen LogP contribution in [0.4, 0.5) is 0 Å². The molecule has 0 aliphatic carbocycles. The molecule has 1 aliphatic heterocycles. The van der Waals surface area contributed by atoms with Crippen LogP contribution in [0.3, 0.4) is 0 Å². The third-order valence-corrected chi connectivity index (χ3v) is 4.10. The van der Waals surface area contributed by atoms with Gasteiger partial charge in [0, 0.05) is 24.5 Å². The maximum atomic E-state index is 12.6. The van der Waals surface area contributed by atoms with Gasteiger partial charge in [0.05, 0.1) is 11.7 Å². The maximum absolute atomic E-state index is 12.6. The Morgan fingerprint density at radius 2 is 2.22 bits per heavy atom. The van der Waals surface area contributed by atoms with Crippen LogP contribution in [-0.2, 0) is 11.3 Å². The summed E-state index contributed by atoms with van der Waals surface area (Å²) in [5.41, 5.74) is 0.275. The highest BCUT2D eigenvalue weighted by molar-refractivity contribution is 5.76. The molecular weight excluding hydrogens is 296 g/mol. The van der Waals surface area contributed by atoms with Gasteiger partial charge in [-0.25, -0.2) is 4.79 Å². The van der Waals surface area contributed by atoms with Crippen LogP contribution >= 0.6 is 0 Å². The predicted molar refractivity (Wildman–Crippen MR) is 84.0 cm³/mol. The highest BCUT2D eigenvalue weighted by Gasteiger charge is 2.30. The second-order valence-electron chi connectivity index (χ2n) is 5.70. The molecule has 3 rings (SSSR count). The summed E-state index contributed by atoms with van der Waals surface area (Å²) in [4.78, 5) is 44.1. The molecule has 3 heterocycles. The average Bonchev–Trinajstić information content (AvgIpc) is 3.03. The number of carbonyl (C=O) groups is 1. The summed E-state index contributed by atoms with van der Waals surface area (Å²) >= 11 is 0. The number of hydrogen-bond acceptors (Lipinski definition) is 4. The third-order valence-electron chi connectivity index (χ3n) is 4.10. The number of nitrogens with zero attached hydrogens (tertiary/aromatic N) is 3. The Bertz CT molecular complexity index is 825. The van der Waals surface area contributed by atoms with Gasteiger partial charge in [0.15, 0.2) is 0 Å². The van der Waals surface area contributed by atoms with E-state index in [1.54, 1.807) is 18.0 Å². The van der Waals surface area contributed by atoms with Crippen molar-refractivity contribution in [1.82, 2.24) is 19.4 Å². The Morgan fingerprint density at radius 1 is 1.39 bits per heavy atom. The van der Waals surface area contributed by atoms with Crippen molar-refractivity contribution in [1.29, 1.82) is 0 Å². The zero-order valence-corrected chi connectivity index (χ0v) is 12.9. The number of hydrogen-bond donors (Lipinski definition) is 1. The van der Waals surface area contributed by atoms with Gasteiger partial charge in [0.2, 0.25) is 5.91 Å². The largest absolute Gasteiger partial charge is 0.333 e. The normalized spacial score (nSPS) is 17.4. The second-order valence-corrected chi connectivity index (χ2v) is 5.70. The van der Waals surface area contributed by atoms with Gasteiger partial charge in [0.25, 0.3) is 5.56 Å². The Hall–Kier alpha value is -2.70. The number of H-pyrrole nitrogens is 1. The lowest BCUT2D eigenvalue weighted by atomic mass is 10.1. The van der Waals surface area contributed by atoms with Crippen LogP contribution in [0.5, 0.6) is 0 Å². The zero-order chi connectivity index (χ0) is 16.4. The molecule has 1 aliphatic rings. The fourth-order valence-electron chi connectivity index (χ4n) is 2.92. The topological polar surface area (TPSA) is 88.1 Å². The van der Waals surface area contributed by atoms with Crippen molar-refractivity contribution >= 4 is 5.91 Å². The molecule has 2 aromatic rings. The standard InChI is InChI=1S/C16H18N4O3/c1-11-9-19(16(23)18-15(11)22)10-14(21)20-8-4-6-13(20)12-5-2-3-7-17-12/h2-3,5,7,9,13H,4,6,8,10H2,1H3,(H,18,22,23)/t13-/m0/s1. The molecule has 0 spiro atoms. The van der Waals surface area contributed by atoms with Gasteiger partial charge in [-0.1, -0.05) is 6.07 Å². The molecule has 1 atom stereocenters.